The summed E-state index contributed by atoms with van der Waals surface area (Å²) in [7, 11) is 1.61. The number of fused-ring (bicyclic) bond motifs is 1. The number of amides is 2. The number of hydrogen-bond acceptors (Lipinski definition) is 7. The highest BCUT2D eigenvalue weighted by atomic mass is 16.5. The van der Waals surface area contributed by atoms with Crippen LogP contribution in [0.1, 0.15) is 54.5 Å². The second-order valence-electron chi connectivity index (χ2n) is 10.4. The van der Waals surface area contributed by atoms with Crippen LogP contribution in [0.4, 0.5) is 17.3 Å². The highest BCUT2D eigenvalue weighted by molar-refractivity contribution is 6.02. The van der Waals surface area contributed by atoms with Gasteiger partial charge in [-0.25, -0.2) is 4.98 Å². The van der Waals surface area contributed by atoms with E-state index in [0.29, 0.717) is 37.0 Å². The third kappa shape index (κ3) is 6.16. The van der Waals surface area contributed by atoms with Crippen molar-refractivity contribution >= 4 is 40.0 Å². The SMILES string of the molecule is [2H]C([2H])([2H])NC(=O)c1cnc(NC(=O)C2CC2)cc1Nc1nn(CCCOC)c2ccn(CC(C)(C)C)c(=O)c12. The summed E-state index contributed by atoms with van der Waals surface area (Å²) in [6, 6.07) is 3.25. The number of anilines is 3. The number of nitrogens with zero attached hydrogens (tertiary/aromatic N) is 4. The Bertz CT molecular complexity index is 1470. The number of hydrogen-bond donors (Lipinski definition) is 3. The molecular weight excluding hydrogens is 474 g/mol. The molecule has 4 rings (SSSR count). The van der Waals surface area contributed by atoms with Crippen molar-refractivity contribution in [1.82, 2.24) is 24.6 Å². The lowest BCUT2D eigenvalue weighted by Gasteiger charge is -2.19. The molecule has 3 N–H and O–H groups in total. The van der Waals surface area contributed by atoms with Gasteiger partial charge >= 0.3 is 0 Å². The van der Waals surface area contributed by atoms with E-state index < -0.39 is 12.9 Å². The quantitative estimate of drug-likeness (QED) is 0.356. The maximum Gasteiger partial charge on any atom is 0.263 e. The lowest BCUT2D eigenvalue weighted by atomic mass is 9.97. The molecule has 0 saturated heterocycles. The van der Waals surface area contributed by atoms with Gasteiger partial charge in [-0.15, -0.1) is 0 Å². The molecule has 3 aromatic heterocycles. The Labute approximate surface area is 219 Å². The highest BCUT2D eigenvalue weighted by Crippen LogP contribution is 2.31. The molecule has 37 heavy (non-hydrogen) atoms. The summed E-state index contributed by atoms with van der Waals surface area (Å²) in [6.45, 7) is 4.79. The molecule has 11 heteroatoms. The van der Waals surface area contributed by atoms with Gasteiger partial charge in [0.25, 0.3) is 11.5 Å². The summed E-state index contributed by atoms with van der Waals surface area (Å²) >= 11 is 0. The molecule has 11 nitrogen and oxygen atoms in total. The number of pyridine rings is 2. The molecule has 1 aliphatic rings. The number of rotatable bonds is 10. The van der Waals surface area contributed by atoms with E-state index in [4.69, 9.17) is 8.85 Å². The van der Waals surface area contributed by atoms with E-state index in [1.165, 1.54) is 12.3 Å². The third-order valence-electron chi connectivity index (χ3n) is 5.96. The molecule has 0 unspecified atom stereocenters. The summed E-state index contributed by atoms with van der Waals surface area (Å²) < 4.78 is 30.8. The van der Waals surface area contributed by atoms with Crippen molar-refractivity contribution in [2.45, 2.75) is 53.1 Å². The summed E-state index contributed by atoms with van der Waals surface area (Å²) in [6.07, 6.45) is 5.16. The first-order valence-electron chi connectivity index (χ1n) is 13.7. The lowest BCUT2D eigenvalue weighted by molar-refractivity contribution is -0.117. The molecule has 1 saturated carbocycles. The molecule has 0 aliphatic heterocycles. The lowest BCUT2D eigenvalue weighted by Crippen LogP contribution is -2.26. The van der Waals surface area contributed by atoms with Gasteiger partial charge in [-0.2, -0.15) is 5.10 Å². The molecule has 3 heterocycles. The van der Waals surface area contributed by atoms with Gasteiger partial charge in [-0.1, -0.05) is 20.8 Å². The molecule has 0 spiro atoms. The number of carbonyl (C=O) groups excluding carboxylic acids is 2. The van der Waals surface area contributed by atoms with Crippen molar-refractivity contribution in [3.63, 3.8) is 0 Å². The fourth-order valence-electron chi connectivity index (χ4n) is 4.06. The molecule has 1 aliphatic carbocycles. The molecule has 0 bridgehead atoms. The van der Waals surface area contributed by atoms with Crippen molar-refractivity contribution in [3.8, 4) is 0 Å². The molecule has 0 aromatic carbocycles. The molecule has 2 amide bonds. The Morgan fingerprint density at radius 3 is 2.76 bits per heavy atom. The topological polar surface area (TPSA) is 132 Å². The van der Waals surface area contributed by atoms with Crippen LogP contribution in [0.5, 0.6) is 0 Å². The van der Waals surface area contributed by atoms with Crippen molar-refractivity contribution in [3.05, 3.63) is 40.4 Å². The monoisotopic (exact) mass is 512 g/mol. The first-order chi connectivity index (χ1) is 18.8. The minimum atomic E-state index is -2.73. The summed E-state index contributed by atoms with van der Waals surface area (Å²) in [5, 5.41) is 12.7. The fourth-order valence-corrected chi connectivity index (χ4v) is 4.06. The minimum absolute atomic E-state index is 0.0789. The Morgan fingerprint density at radius 1 is 1.30 bits per heavy atom. The number of ether oxygens (including phenoxy) is 1. The van der Waals surface area contributed by atoms with Crippen LogP contribution < -0.4 is 21.5 Å². The van der Waals surface area contributed by atoms with Crippen LogP contribution in [0.2, 0.25) is 0 Å². The van der Waals surface area contributed by atoms with Gasteiger partial charge in [-0.05, 0) is 30.7 Å². The number of nitrogens with one attached hydrogen (secondary N) is 3. The molecule has 1 fully saturated rings. The second-order valence-corrected chi connectivity index (χ2v) is 10.4. The van der Waals surface area contributed by atoms with Crippen LogP contribution in [-0.4, -0.2) is 51.8 Å². The zero-order valence-electron chi connectivity index (χ0n) is 24.6. The Morgan fingerprint density at radius 2 is 2.08 bits per heavy atom. The first-order valence-corrected chi connectivity index (χ1v) is 12.2. The second kappa shape index (κ2) is 10.7. The number of methoxy groups -OCH3 is 1. The predicted molar refractivity (Wildman–Crippen MR) is 142 cm³/mol. The van der Waals surface area contributed by atoms with E-state index in [0.717, 1.165) is 12.8 Å². The Hall–Kier alpha value is -3.73. The van der Waals surface area contributed by atoms with Crippen molar-refractivity contribution in [1.29, 1.82) is 0 Å². The maximum atomic E-state index is 13.7. The van der Waals surface area contributed by atoms with Crippen LogP contribution in [0.3, 0.4) is 0 Å². The van der Waals surface area contributed by atoms with Gasteiger partial charge in [0.1, 0.15) is 11.2 Å². The van der Waals surface area contributed by atoms with Gasteiger partial charge in [0.2, 0.25) is 5.91 Å². The van der Waals surface area contributed by atoms with Gasteiger partial charge in [0.05, 0.1) is 16.8 Å². The summed E-state index contributed by atoms with van der Waals surface area (Å²) in [5.41, 5.74) is 0.210. The molecule has 0 atom stereocenters. The zero-order chi connectivity index (χ0) is 29.2. The maximum absolute atomic E-state index is 13.7. The molecule has 0 radical (unpaired) electrons. The predicted octanol–water partition coefficient (Wildman–Crippen LogP) is 3.13. The van der Waals surface area contributed by atoms with Crippen LogP contribution >= 0.6 is 0 Å². The van der Waals surface area contributed by atoms with Crippen LogP contribution in [0, 0.1) is 11.3 Å². The van der Waals surface area contributed by atoms with Crippen LogP contribution in [-0.2, 0) is 22.6 Å². The van der Waals surface area contributed by atoms with Crippen molar-refractivity contribution in [2.24, 2.45) is 11.3 Å². The van der Waals surface area contributed by atoms with Gasteiger partial charge < -0.3 is 25.3 Å². The molecule has 198 valence electrons. The van der Waals surface area contributed by atoms with Crippen molar-refractivity contribution < 1.29 is 18.4 Å². The molecular formula is C26H35N7O4. The van der Waals surface area contributed by atoms with Crippen LogP contribution in [0.25, 0.3) is 10.9 Å². The summed E-state index contributed by atoms with van der Waals surface area (Å²) in [4.78, 5) is 43.1. The Balaban J connectivity index is 1.80. The smallest absolute Gasteiger partial charge is 0.263 e. The third-order valence-corrected chi connectivity index (χ3v) is 5.96. The average Bonchev–Trinajstić information content (AvgIpc) is 3.63. The van der Waals surface area contributed by atoms with E-state index in [1.54, 1.807) is 22.6 Å². The van der Waals surface area contributed by atoms with E-state index in [2.05, 4.69) is 20.7 Å². The normalized spacial score (nSPS) is 15.1. The van der Waals surface area contributed by atoms with E-state index in [-0.39, 0.29) is 45.7 Å². The zero-order valence-corrected chi connectivity index (χ0v) is 21.6. The minimum Gasteiger partial charge on any atom is -0.385 e. The van der Waals surface area contributed by atoms with Gasteiger partial charge in [0, 0.05) is 62.3 Å². The average molecular weight is 513 g/mol. The van der Waals surface area contributed by atoms with Crippen molar-refractivity contribution in [2.75, 3.05) is 31.3 Å². The van der Waals surface area contributed by atoms with E-state index >= 15 is 0 Å². The van der Waals surface area contributed by atoms with E-state index in [1.807, 2.05) is 32.2 Å². The number of carbonyl (C=O) groups is 2. The van der Waals surface area contributed by atoms with Gasteiger partial charge in [-0.3, -0.25) is 19.1 Å². The number of aromatic nitrogens is 4. The first kappa shape index (κ1) is 22.5. The summed E-state index contributed by atoms with van der Waals surface area (Å²) in [5.74, 6) is -0.794. The van der Waals surface area contributed by atoms with E-state index in [9.17, 15) is 14.4 Å². The highest BCUT2D eigenvalue weighted by Gasteiger charge is 2.30. The van der Waals surface area contributed by atoms with Crippen LogP contribution in [0.15, 0.2) is 29.3 Å². The standard InChI is InChI=1S/C26H35N7O4/c1-26(2,3)15-32-11-9-19-21(25(32)36)22(31-33(19)10-6-12-37-5)29-18-13-20(30-23(34)16-7-8-16)28-14-17(18)24(35)27-4/h9,11,13-14,16H,6-8,10,12,15H2,1-5H3,(H,27,35)(H2,28,29,30,31,34)/i4D3. The number of aryl methyl sites for hydroxylation is 1. The van der Waals surface area contributed by atoms with Gasteiger partial charge in [0.15, 0.2) is 5.82 Å². The fraction of sp³-hybridized carbons (Fsp3) is 0.500. The largest absolute Gasteiger partial charge is 0.385 e. The Kier molecular flexibility index (Phi) is 6.51. The molecule has 3 aromatic rings.